The molecule has 2 amide bonds. The number of amides is 2. The number of hydrogen-bond acceptors (Lipinski definition) is 4. The molecule has 0 spiro atoms. The molecule has 7 nitrogen and oxygen atoms in total. The molecular weight excluding hydrogens is 456 g/mol. The Morgan fingerprint density at radius 3 is 2.17 bits per heavy atom. The van der Waals surface area contributed by atoms with E-state index in [0.717, 1.165) is 41.5 Å². The molecule has 2 aromatic rings. The van der Waals surface area contributed by atoms with Crippen LogP contribution in [0.5, 0.6) is 0 Å². The van der Waals surface area contributed by atoms with Crippen LogP contribution in [0.3, 0.4) is 0 Å². The van der Waals surface area contributed by atoms with Crippen molar-refractivity contribution in [1.29, 1.82) is 0 Å². The van der Waals surface area contributed by atoms with Gasteiger partial charge in [0, 0.05) is 18.9 Å². The Morgan fingerprint density at radius 2 is 1.53 bits per heavy atom. The molecule has 3 rings (SSSR count). The van der Waals surface area contributed by atoms with Gasteiger partial charge in [-0.1, -0.05) is 81.1 Å². The average molecular weight is 495 g/mol. The van der Waals surface area contributed by atoms with Crippen molar-refractivity contribution in [2.24, 2.45) is 0 Å². The van der Waals surface area contributed by atoms with Gasteiger partial charge in [-0.05, 0) is 47.9 Å². The van der Waals surface area contributed by atoms with Crippen LogP contribution in [0.4, 0.5) is 4.79 Å². The number of carboxylic acids is 1. The highest BCUT2D eigenvalue weighted by Crippen LogP contribution is 2.44. The minimum atomic E-state index is -1.10. The molecule has 0 bridgehead atoms. The van der Waals surface area contributed by atoms with E-state index in [1.54, 1.807) is 0 Å². The Bertz CT molecular complexity index is 977. The average Bonchev–Trinajstić information content (AvgIpc) is 3.20. The lowest BCUT2D eigenvalue weighted by atomic mass is 9.98. The van der Waals surface area contributed by atoms with Gasteiger partial charge in [0.05, 0.1) is 0 Å². The van der Waals surface area contributed by atoms with Crippen LogP contribution >= 0.6 is 0 Å². The first-order valence-electron chi connectivity index (χ1n) is 13.1. The highest BCUT2D eigenvalue weighted by Gasteiger charge is 2.29. The van der Waals surface area contributed by atoms with Crippen molar-refractivity contribution >= 4 is 18.0 Å². The number of fused-ring (bicyclic) bond motifs is 3. The fourth-order valence-electron chi connectivity index (χ4n) is 4.72. The van der Waals surface area contributed by atoms with Crippen molar-refractivity contribution in [1.82, 2.24) is 10.6 Å². The third-order valence-corrected chi connectivity index (χ3v) is 6.68. The number of aliphatic carboxylic acids is 1. The van der Waals surface area contributed by atoms with E-state index in [1.807, 2.05) is 36.4 Å². The van der Waals surface area contributed by atoms with E-state index in [2.05, 4.69) is 29.7 Å². The van der Waals surface area contributed by atoms with E-state index in [4.69, 9.17) is 4.74 Å². The summed E-state index contributed by atoms with van der Waals surface area (Å²) in [6, 6.07) is 15.1. The van der Waals surface area contributed by atoms with Gasteiger partial charge in [-0.25, -0.2) is 9.59 Å². The number of unbranched alkanes of at least 4 members (excludes halogenated alkanes) is 5. The number of carboxylic acid groups (broad SMARTS) is 1. The Morgan fingerprint density at radius 1 is 0.889 bits per heavy atom. The van der Waals surface area contributed by atoms with E-state index in [9.17, 15) is 19.5 Å². The van der Waals surface area contributed by atoms with Crippen LogP contribution in [0.1, 0.15) is 81.8 Å². The van der Waals surface area contributed by atoms with E-state index < -0.39 is 18.1 Å². The molecule has 1 aliphatic rings. The number of rotatable bonds is 15. The molecule has 0 heterocycles. The summed E-state index contributed by atoms with van der Waals surface area (Å²) in [7, 11) is 0. The number of nitrogens with one attached hydrogen (secondary N) is 2. The van der Waals surface area contributed by atoms with E-state index in [1.165, 1.54) is 12.8 Å². The second-order valence-electron chi connectivity index (χ2n) is 9.37. The van der Waals surface area contributed by atoms with Gasteiger partial charge in [-0.15, -0.1) is 0 Å². The van der Waals surface area contributed by atoms with Crippen LogP contribution in [0.25, 0.3) is 11.1 Å². The zero-order valence-electron chi connectivity index (χ0n) is 21.1. The second kappa shape index (κ2) is 14.3. The molecule has 0 radical (unpaired) electrons. The lowest BCUT2D eigenvalue weighted by Gasteiger charge is -2.17. The first kappa shape index (κ1) is 27.2. The van der Waals surface area contributed by atoms with Crippen LogP contribution in [0, 0.1) is 0 Å². The summed E-state index contributed by atoms with van der Waals surface area (Å²) in [5, 5.41) is 14.9. The lowest BCUT2D eigenvalue weighted by molar-refractivity contribution is -0.139. The van der Waals surface area contributed by atoms with Crippen LogP contribution < -0.4 is 10.6 Å². The van der Waals surface area contributed by atoms with Gasteiger partial charge in [0.2, 0.25) is 5.91 Å². The predicted molar refractivity (Wildman–Crippen MR) is 140 cm³/mol. The molecule has 7 heteroatoms. The molecule has 1 unspecified atom stereocenters. The fourth-order valence-corrected chi connectivity index (χ4v) is 4.72. The van der Waals surface area contributed by atoms with Crippen molar-refractivity contribution in [3.63, 3.8) is 0 Å². The van der Waals surface area contributed by atoms with E-state index in [-0.39, 0.29) is 24.9 Å². The standard InChI is InChI=1S/C29H38N2O5/c1-2-3-4-5-6-18-27(32)30-19-12-11-17-26(28(33)34)31-29(35)36-20-25-23-15-9-7-13-21(23)22-14-8-10-16-24(22)25/h7-10,13-16,25-26H,2-6,11-12,17-20H2,1H3,(H,30,32)(H,31,35)(H,33,34). The molecule has 1 atom stereocenters. The van der Waals surface area contributed by atoms with E-state index in [0.29, 0.717) is 25.8 Å². The normalized spacial score (nSPS) is 12.9. The molecule has 0 saturated heterocycles. The number of ether oxygens (including phenoxy) is 1. The smallest absolute Gasteiger partial charge is 0.407 e. The SMILES string of the molecule is CCCCCCCC(=O)NCCCCC(NC(=O)OCC1c2ccccc2-c2ccccc21)C(=O)O. The van der Waals surface area contributed by atoms with Gasteiger partial charge in [0.25, 0.3) is 0 Å². The summed E-state index contributed by atoms with van der Waals surface area (Å²) >= 11 is 0. The van der Waals surface area contributed by atoms with Gasteiger partial charge >= 0.3 is 12.1 Å². The monoisotopic (exact) mass is 494 g/mol. The maximum absolute atomic E-state index is 12.4. The minimum Gasteiger partial charge on any atom is -0.480 e. The fraction of sp³-hybridized carbons (Fsp3) is 0.483. The van der Waals surface area contributed by atoms with Crippen LogP contribution in [0.15, 0.2) is 48.5 Å². The molecule has 0 aliphatic heterocycles. The molecule has 1 aliphatic carbocycles. The molecule has 194 valence electrons. The number of alkyl carbamates (subject to hydrolysis) is 1. The van der Waals surface area contributed by atoms with Gasteiger partial charge in [-0.2, -0.15) is 0 Å². The largest absolute Gasteiger partial charge is 0.480 e. The Balaban J connectivity index is 1.38. The zero-order chi connectivity index (χ0) is 25.8. The topological polar surface area (TPSA) is 105 Å². The number of hydrogen-bond donors (Lipinski definition) is 3. The molecule has 0 fully saturated rings. The van der Waals surface area contributed by atoms with Crippen molar-refractivity contribution in [3.05, 3.63) is 59.7 Å². The first-order valence-corrected chi connectivity index (χ1v) is 13.1. The zero-order valence-corrected chi connectivity index (χ0v) is 21.1. The van der Waals surface area contributed by atoms with E-state index >= 15 is 0 Å². The summed E-state index contributed by atoms with van der Waals surface area (Å²) < 4.78 is 5.47. The maximum atomic E-state index is 12.4. The summed E-state index contributed by atoms with van der Waals surface area (Å²) in [4.78, 5) is 36.0. The summed E-state index contributed by atoms with van der Waals surface area (Å²) in [6.45, 7) is 2.80. The van der Waals surface area contributed by atoms with Crippen molar-refractivity contribution in [2.75, 3.05) is 13.2 Å². The third-order valence-electron chi connectivity index (χ3n) is 6.68. The number of carbonyl (C=O) groups is 3. The summed E-state index contributed by atoms with van der Waals surface area (Å²) in [5.41, 5.74) is 4.47. The highest BCUT2D eigenvalue weighted by atomic mass is 16.5. The highest BCUT2D eigenvalue weighted by molar-refractivity contribution is 5.81. The van der Waals surface area contributed by atoms with Crippen molar-refractivity contribution in [2.45, 2.75) is 76.7 Å². The minimum absolute atomic E-state index is 0.0399. The molecule has 0 aromatic heterocycles. The Labute approximate surface area is 213 Å². The maximum Gasteiger partial charge on any atom is 0.407 e. The number of carbonyl (C=O) groups excluding carboxylic acids is 2. The van der Waals surface area contributed by atoms with Crippen LogP contribution in [-0.2, 0) is 14.3 Å². The lowest BCUT2D eigenvalue weighted by Crippen LogP contribution is -2.41. The van der Waals surface area contributed by atoms with Crippen LogP contribution in [0.2, 0.25) is 0 Å². The number of benzene rings is 2. The first-order chi connectivity index (χ1) is 17.5. The van der Waals surface area contributed by atoms with Gasteiger partial charge in [-0.3, -0.25) is 4.79 Å². The second-order valence-corrected chi connectivity index (χ2v) is 9.37. The molecule has 2 aromatic carbocycles. The predicted octanol–water partition coefficient (Wildman–Crippen LogP) is 5.63. The molecular formula is C29H38N2O5. The molecule has 36 heavy (non-hydrogen) atoms. The van der Waals surface area contributed by atoms with Gasteiger partial charge in [0.15, 0.2) is 0 Å². The molecule has 3 N–H and O–H groups in total. The summed E-state index contributed by atoms with van der Waals surface area (Å²) in [6.07, 6.45) is 6.81. The van der Waals surface area contributed by atoms with Gasteiger partial charge < -0.3 is 20.5 Å². The summed E-state index contributed by atoms with van der Waals surface area (Å²) in [5.74, 6) is -1.14. The third kappa shape index (κ3) is 7.83. The quantitative estimate of drug-likeness (QED) is 0.279. The molecule has 0 saturated carbocycles. The Hall–Kier alpha value is -3.35. The Kier molecular flexibility index (Phi) is 10.8. The van der Waals surface area contributed by atoms with Crippen molar-refractivity contribution in [3.8, 4) is 11.1 Å². The van der Waals surface area contributed by atoms with Gasteiger partial charge in [0.1, 0.15) is 12.6 Å². The van der Waals surface area contributed by atoms with Crippen LogP contribution in [-0.4, -0.2) is 42.3 Å². The van der Waals surface area contributed by atoms with Crippen molar-refractivity contribution < 1.29 is 24.2 Å².